The van der Waals surface area contributed by atoms with Gasteiger partial charge in [-0.25, -0.2) is 0 Å². The lowest BCUT2D eigenvalue weighted by Gasteiger charge is -2.21. The maximum absolute atomic E-state index is 10.1. The molecule has 0 saturated carbocycles. The molecule has 4 atom stereocenters. The Morgan fingerprint density at radius 2 is 1.19 bits per heavy atom. The topological polar surface area (TPSA) is 88.4 Å². The van der Waals surface area contributed by atoms with E-state index in [1.807, 2.05) is 48.5 Å². The third-order valence-electron chi connectivity index (χ3n) is 4.19. The quantitative estimate of drug-likeness (QED) is 0.494. The number of methoxy groups -OCH3 is 1. The van der Waals surface area contributed by atoms with Crippen LogP contribution in [0.25, 0.3) is 0 Å². The molecule has 0 fully saturated rings. The van der Waals surface area contributed by atoms with Crippen LogP contribution in [0.3, 0.4) is 0 Å². The zero-order valence-electron chi connectivity index (χ0n) is 15.5. The Morgan fingerprint density at radius 1 is 0.704 bits per heavy atom. The number of hydrogen-bond acceptors (Lipinski definition) is 6. The second-order valence-corrected chi connectivity index (χ2v) is 6.19. The highest BCUT2D eigenvalue weighted by Crippen LogP contribution is 2.19. The lowest BCUT2D eigenvalue weighted by molar-refractivity contribution is -0.138. The predicted molar refractivity (Wildman–Crippen MR) is 101 cm³/mol. The summed E-state index contributed by atoms with van der Waals surface area (Å²) in [5.41, 5.74) is 1.53. The van der Waals surface area contributed by atoms with Crippen molar-refractivity contribution in [2.45, 2.75) is 37.6 Å². The summed E-state index contributed by atoms with van der Waals surface area (Å²) in [7, 11) is 1.55. The van der Waals surface area contributed by atoms with Gasteiger partial charge in [0, 0.05) is 18.2 Å². The average Bonchev–Trinajstić information content (AvgIpc) is 2.72. The van der Waals surface area contributed by atoms with Crippen LogP contribution in [-0.4, -0.2) is 47.9 Å². The fraction of sp³-hybridized carbons (Fsp3) is 0.429. The van der Waals surface area contributed by atoms with E-state index in [0.29, 0.717) is 5.56 Å². The first-order valence-electron chi connectivity index (χ1n) is 9.02. The second kappa shape index (κ2) is 11.8. The van der Waals surface area contributed by atoms with E-state index in [1.54, 1.807) is 19.2 Å². The van der Waals surface area contributed by atoms with Crippen molar-refractivity contribution in [3.63, 3.8) is 0 Å². The van der Waals surface area contributed by atoms with Crippen molar-refractivity contribution in [3.8, 4) is 0 Å². The van der Waals surface area contributed by atoms with Gasteiger partial charge < -0.3 is 29.5 Å². The Balaban J connectivity index is 1.65. The molecule has 2 aromatic rings. The van der Waals surface area contributed by atoms with Gasteiger partial charge in [-0.3, -0.25) is 0 Å². The van der Waals surface area contributed by atoms with Crippen LogP contribution in [0.1, 0.15) is 36.5 Å². The van der Waals surface area contributed by atoms with E-state index in [2.05, 4.69) is 0 Å². The standard InChI is InChI=1S/C21H28O6/c1-25-21(17-10-6-3-7-11-17)27-15-13-19(23)18(22)12-14-26-20(24)16-8-4-2-5-9-16/h2-11,18-24H,12-15H2,1H3. The summed E-state index contributed by atoms with van der Waals surface area (Å²) in [5.74, 6) is 0. The van der Waals surface area contributed by atoms with Gasteiger partial charge >= 0.3 is 0 Å². The Labute approximate surface area is 159 Å². The van der Waals surface area contributed by atoms with E-state index in [9.17, 15) is 15.3 Å². The zero-order valence-corrected chi connectivity index (χ0v) is 15.5. The summed E-state index contributed by atoms with van der Waals surface area (Å²) < 4.78 is 16.2. The third kappa shape index (κ3) is 7.38. The molecule has 0 aliphatic carbocycles. The van der Waals surface area contributed by atoms with Crippen molar-refractivity contribution in [2.24, 2.45) is 0 Å². The SMILES string of the molecule is COC(OCCC(O)C(O)CCOC(O)c1ccccc1)c1ccccc1. The number of benzene rings is 2. The molecule has 148 valence electrons. The summed E-state index contributed by atoms with van der Waals surface area (Å²) in [6, 6.07) is 18.5. The summed E-state index contributed by atoms with van der Waals surface area (Å²) >= 11 is 0. The molecule has 0 aromatic heterocycles. The minimum atomic E-state index is -1.05. The Kier molecular flexibility index (Phi) is 9.41. The van der Waals surface area contributed by atoms with Gasteiger partial charge in [-0.15, -0.1) is 0 Å². The van der Waals surface area contributed by atoms with E-state index >= 15 is 0 Å². The van der Waals surface area contributed by atoms with Crippen molar-refractivity contribution < 1.29 is 29.5 Å². The molecule has 27 heavy (non-hydrogen) atoms. The molecule has 0 bridgehead atoms. The molecule has 0 spiro atoms. The first-order chi connectivity index (χ1) is 13.1. The Hall–Kier alpha value is -1.80. The highest BCUT2D eigenvalue weighted by atomic mass is 16.7. The summed E-state index contributed by atoms with van der Waals surface area (Å²) in [6.07, 6.45) is -3.01. The first-order valence-corrected chi connectivity index (χ1v) is 9.02. The Morgan fingerprint density at radius 3 is 1.70 bits per heavy atom. The highest BCUT2D eigenvalue weighted by molar-refractivity contribution is 5.16. The van der Waals surface area contributed by atoms with Gasteiger partial charge in [-0.05, 0) is 12.8 Å². The average molecular weight is 376 g/mol. The maximum Gasteiger partial charge on any atom is 0.183 e. The predicted octanol–water partition coefficient (Wildman–Crippen LogP) is 2.56. The van der Waals surface area contributed by atoms with E-state index in [4.69, 9.17) is 14.2 Å². The summed E-state index contributed by atoms with van der Waals surface area (Å²) in [4.78, 5) is 0. The molecule has 4 unspecified atom stereocenters. The molecule has 6 nitrogen and oxygen atoms in total. The van der Waals surface area contributed by atoms with E-state index in [1.165, 1.54) is 0 Å². The normalized spacial score (nSPS) is 15.9. The molecule has 2 rings (SSSR count). The molecule has 3 N–H and O–H groups in total. The molecule has 2 aromatic carbocycles. The summed E-state index contributed by atoms with van der Waals surface area (Å²) in [6.45, 7) is 0.360. The molecule has 6 heteroatoms. The Bertz CT molecular complexity index is 621. The molecular formula is C21H28O6. The fourth-order valence-electron chi connectivity index (χ4n) is 2.61. The van der Waals surface area contributed by atoms with Crippen LogP contribution < -0.4 is 0 Å². The molecule has 0 aliphatic heterocycles. The van der Waals surface area contributed by atoms with Gasteiger partial charge in [0.05, 0.1) is 25.4 Å². The van der Waals surface area contributed by atoms with Gasteiger partial charge in [0.2, 0.25) is 0 Å². The minimum absolute atomic E-state index is 0.125. The van der Waals surface area contributed by atoms with Gasteiger partial charge in [-0.1, -0.05) is 60.7 Å². The van der Waals surface area contributed by atoms with Crippen LogP contribution in [0, 0.1) is 0 Å². The van der Waals surface area contributed by atoms with E-state index < -0.39 is 24.8 Å². The van der Waals surface area contributed by atoms with Crippen molar-refractivity contribution >= 4 is 0 Å². The number of rotatable bonds is 12. The van der Waals surface area contributed by atoms with Gasteiger partial charge in [0.25, 0.3) is 0 Å². The van der Waals surface area contributed by atoms with Crippen molar-refractivity contribution in [1.29, 1.82) is 0 Å². The smallest absolute Gasteiger partial charge is 0.183 e. The van der Waals surface area contributed by atoms with E-state index in [-0.39, 0.29) is 26.1 Å². The molecule has 0 saturated heterocycles. The van der Waals surface area contributed by atoms with Gasteiger partial charge in [0.15, 0.2) is 12.6 Å². The lowest BCUT2D eigenvalue weighted by Crippen LogP contribution is -2.29. The maximum atomic E-state index is 10.1. The third-order valence-corrected chi connectivity index (χ3v) is 4.19. The minimum Gasteiger partial charge on any atom is -0.390 e. The summed E-state index contributed by atoms with van der Waals surface area (Å²) in [5, 5.41) is 30.0. The van der Waals surface area contributed by atoms with Crippen LogP contribution in [0.15, 0.2) is 60.7 Å². The molecule has 0 heterocycles. The van der Waals surface area contributed by atoms with E-state index in [0.717, 1.165) is 5.56 Å². The number of ether oxygens (including phenoxy) is 3. The first kappa shape index (κ1) is 21.5. The van der Waals surface area contributed by atoms with Crippen LogP contribution >= 0.6 is 0 Å². The largest absolute Gasteiger partial charge is 0.390 e. The van der Waals surface area contributed by atoms with Crippen LogP contribution in [0.2, 0.25) is 0 Å². The number of aliphatic hydroxyl groups is 3. The van der Waals surface area contributed by atoms with Crippen LogP contribution in [0.4, 0.5) is 0 Å². The van der Waals surface area contributed by atoms with Crippen molar-refractivity contribution in [2.75, 3.05) is 20.3 Å². The molecular weight excluding hydrogens is 348 g/mol. The van der Waals surface area contributed by atoms with Gasteiger partial charge in [0.1, 0.15) is 0 Å². The highest BCUT2D eigenvalue weighted by Gasteiger charge is 2.18. The zero-order chi connectivity index (χ0) is 19.5. The monoisotopic (exact) mass is 376 g/mol. The number of aliphatic hydroxyl groups excluding tert-OH is 3. The molecule has 0 amide bonds. The number of hydrogen-bond donors (Lipinski definition) is 3. The van der Waals surface area contributed by atoms with Crippen molar-refractivity contribution in [1.82, 2.24) is 0 Å². The van der Waals surface area contributed by atoms with Gasteiger partial charge in [-0.2, -0.15) is 0 Å². The molecule has 0 radical (unpaired) electrons. The van der Waals surface area contributed by atoms with Crippen LogP contribution in [-0.2, 0) is 14.2 Å². The van der Waals surface area contributed by atoms with Crippen molar-refractivity contribution in [3.05, 3.63) is 71.8 Å². The van der Waals surface area contributed by atoms with Crippen LogP contribution in [0.5, 0.6) is 0 Å². The second-order valence-electron chi connectivity index (χ2n) is 6.19. The molecule has 0 aliphatic rings. The fourth-order valence-corrected chi connectivity index (χ4v) is 2.61. The lowest BCUT2D eigenvalue weighted by atomic mass is 10.1.